The molecule has 1 aliphatic heterocycles. The summed E-state index contributed by atoms with van der Waals surface area (Å²) in [6.07, 6.45) is 2.03. The lowest BCUT2D eigenvalue weighted by atomic mass is 9.94. The summed E-state index contributed by atoms with van der Waals surface area (Å²) in [5.41, 5.74) is 7.35. The van der Waals surface area contributed by atoms with Crippen LogP contribution in [0.1, 0.15) is 31.4 Å². The van der Waals surface area contributed by atoms with E-state index >= 15 is 0 Å². The second-order valence-electron chi connectivity index (χ2n) is 5.99. The van der Waals surface area contributed by atoms with Crippen molar-refractivity contribution in [2.75, 3.05) is 33.4 Å². The highest BCUT2D eigenvalue weighted by Gasteiger charge is 2.30. The van der Waals surface area contributed by atoms with Crippen molar-refractivity contribution in [1.29, 1.82) is 0 Å². The third-order valence-corrected chi connectivity index (χ3v) is 4.12. The van der Waals surface area contributed by atoms with Crippen molar-refractivity contribution < 1.29 is 13.9 Å². The van der Waals surface area contributed by atoms with E-state index in [2.05, 4.69) is 17.8 Å². The number of unbranched alkanes of at least 4 members (excludes halogenated alkanes) is 1. The molecule has 1 aromatic rings. The molecule has 6 heteroatoms. The van der Waals surface area contributed by atoms with Crippen LogP contribution in [0.2, 0.25) is 0 Å². The number of halogens is 1. The molecule has 0 aromatic heterocycles. The number of nitrogens with one attached hydrogen (secondary N) is 2. The Bertz CT molecular complexity index is 495. The number of benzene rings is 1. The lowest BCUT2D eigenvalue weighted by molar-refractivity contribution is -0.135. The fourth-order valence-electron chi connectivity index (χ4n) is 2.70. The van der Waals surface area contributed by atoms with Crippen LogP contribution < -0.4 is 10.9 Å². The van der Waals surface area contributed by atoms with Gasteiger partial charge in [0.25, 0.3) is 0 Å². The number of amides is 1. The molecule has 1 aromatic carbocycles. The van der Waals surface area contributed by atoms with Gasteiger partial charge in [0.2, 0.25) is 5.91 Å². The first-order valence-corrected chi connectivity index (χ1v) is 8.17. The summed E-state index contributed by atoms with van der Waals surface area (Å²) in [6.45, 7) is 4.23. The predicted molar refractivity (Wildman–Crippen MR) is 87.1 cm³/mol. The first kappa shape index (κ1) is 17.8. The minimum atomic E-state index is -0.243. The van der Waals surface area contributed by atoms with Crippen molar-refractivity contribution >= 4 is 5.91 Å². The van der Waals surface area contributed by atoms with Crippen LogP contribution in [0.5, 0.6) is 0 Å². The molecule has 5 nitrogen and oxygen atoms in total. The highest BCUT2D eigenvalue weighted by atomic mass is 19.1. The van der Waals surface area contributed by atoms with E-state index < -0.39 is 0 Å². The predicted octanol–water partition coefficient (Wildman–Crippen LogP) is 1.87. The fraction of sp³-hybridized carbons (Fsp3) is 0.588. The summed E-state index contributed by atoms with van der Waals surface area (Å²) < 4.78 is 18.4. The quantitative estimate of drug-likeness (QED) is 0.717. The zero-order valence-corrected chi connectivity index (χ0v) is 13.8. The Kier molecular flexibility index (Phi) is 6.95. The molecule has 0 radical (unpaired) electrons. The van der Waals surface area contributed by atoms with E-state index in [1.807, 2.05) is 0 Å². The summed E-state index contributed by atoms with van der Waals surface area (Å²) in [6, 6.07) is 6.55. The molecule has 1 heterocycles. The molecule has 0 bridgehead atoms. The number of rotatable bonds is 8. The van der Waals surface area contributed by atoms with Crippen LogP contribution in [0.3, 0.4) is 0 Å². The number of hydrogen-bond donors (Lipinski definition) is 2. The van der Waals surface area contributed by atoms with Crippen molar-refractivity contribution in [2.45, 2.75) is 25.8 Å². The minimum absolute atomic E-state index is 0.00846. The molecule has 1 aliphatic rings. The van der Waals surface area contributed by atoms with Crippen LogP contribution in [0.15, 0.2) is 24.3 Å². The maximum Gasteiger partial charge on any atom is 0.248 e. The van der Waals surface area contributed by atoms with Crippen LogP contribution >= 0.6 is 0 Å². The van der Waals surface area contributed by atoms with E-state index in [0.29, 0.717) is 13.2 Å². The van der Waals surface area contributed by atoms with Gasteiger partial charge in [-0.15, -0.1) is 0 Å². The van der Waals surface area contributed by atoms with Crippen LogP contribution in [0.25, 0.3) is 0 Å². The second kappa shape index (κ2) is 8.96. The topological polar surface area (TPSA) is 53.6 Å². The van der Waals surface area contributed by atoms with Gasteiger partial charge in [0.05, 0.1) is 6.04 Å². The maximum atomic E-state index is 13.1. The first-order chi connectivity index (χ1) is 11.1. The first-order valence-electron chi connectivity index (χ1n) is 8.17. The smallest absolute Gasteiger partial charge is 0.248 e. The standard InChI is InChI=1S/C17H26FN3O2/c1-3-4-9-23-12-16(22)21(2)11-14-10-19-20-17(14)13-5-7-15(18)8-6-13/h5-8,14,17,19-20H,3-4,9-12H2,1-2H3. The van der Waals surface area contributed by atoms with E-state index in [4.69, 9.17) is 4.74 Å². The van der Waals surface area contributed by atoms with E-state index in [1.165, 1.54) is 12.1 Å². The zero-order valence-electron chi connectivity index (χ0n) is 13.8. The Morgan fingerprint density at radius 2 is 2.13 bits per heavy atom. The third-order valence-electron chi connectivity index (χ3n) is 4.12. The number of hydrazine groups is 1. The third kappa shape index (κ3) is 5.27. The van der Waals surface area contributed by atoms with Crippen molar-refractivity contribution in [2.24, 2.45) is 5.92 Å². The average Bonchev–Trinajstić information content (AvgIpc) is 3.00. The summed E-state index contributed by atoms with van der Waals surface area (Å²) in [4.78, 5) is 13.8. The highest BCUT2D eigenvalue weighted by Crippen LogP contribution is 2.25. The van der Waals surface area contributed by atoms with E-state index in [1.54, 1.807) is 24.1 Å². The summed E-state index contributed by atoms with van der Waals surface area (Å²) >= 11 is 0. The summed E-state index contributed by atoms with van der Waals surface area (Å²) in [5.74, 6) is -0.0244. The molecule has 1 saturated heterocycles. The Morgan fingerprint density at radius 1 is 1.39 bits per heavy atom. The molecule has 0 aliphatic carbocycles. The van der Waals surface area contributed by atoms with Gasteiger partial charge in [-0.1, -0.05) is 25.5 Å². The normalized spacial score (nSPS) is 20.7. The molecule has 2 N–H and O–H groups in total. The zero-order chi connectivity index (χ0) is 16.7. The van der Waals surface area contributed by atoms with E-state index in [0.717, 1.165) is 24.9 Å². The van der Waals surface area contributed by atoms with Crippen LogP contribution in [0.4, 0.5) is 4.39 Å². The van der Waals surface area contributed by atoms with Gasteiger partial charge in [0.15, 0.2) is 0 Å². The van der Waals surface area contributed by atoms with Crippen molar-refractivity contribution in [1.82, 2.24) is 15.8 Å². The van der Waals surface area contributed by atoms with Crippen LogP contribution in [-0.2, 0) is 9.53 Å². The SMILES string of the molecule is CCCCOCC(=O)N(C)CC1CNNC1c1ccc(F)cc1. The number of ether oxygens (including phenoxy) is 1. The number of nitrogens with zero attached hydrogens (tertiary/aromatic N) is 1. The van der Waals surface area contributed by atoms with Gasteiger partial charge in [-0.2, -0.15) is 0 Å². The molecule has 23 heavy (non-hydrogen) atoms. The van der Waals surface area contributed by atoms with Crippen molar-refractivity contribution in [3.8, 4) is 0 Å². The number of carbonyl (C=O) groups excluding carboxylic acids is 1. The summed E-state index contributed by atoms with van der Waals surface area (Å²) in [5, 5.41) is 0. The highest BCUT2D eigenvalue weighted by molar-refractivity contribution is 5.77. The lowest BCUT2D eigenvalue weighted by Gasteiger charge is -2.25. The molecule has 1 amide bonds. The van der Waals surface area contributed by atoms with Gasteiger partial charge in [-0.05, 0) is 24.1 Å². The van der Waals surface area contributed by atoms with Crippen molar-refractivity contribution in [3.63, 3.8) is 0 Å². The number of carbonyl (C=O) groups is 1. The van der Waals surface area contributed by atoms with Crippen molar-refractivity contribution in [3.05, 3.63) is 35.6 Å². The Hall–Kier alpha value is -1.50. The lowest BCUT2D eigenvalue weighted by Crippen LogP contribution is -2.36. The molecule has 2 atom stereocenters. The maximum absolute atomic E-state index is 13.1. The van der Waals surface area contributed by atoms with Gasteiger partial charge in [-0.25, -0.2) is 9.82 Å². The Labute approximate surface area is 137 Å². The van der Waals surface area contributed by atoms with Gasteiger partial charge >= 0.3 is 0 Å². The minimum Gasteiger partial charge on any atom is -0.372 e. The van der Waals surface area contributed by atoms with Gasteiger partial charge in [-0.3, -0.25) is 10.2 Å². The van der Waals surface area contributed by atoms with E-state index in [9.17, 15) is 9.18 Å². The Morgan fingerprint density at radius 3 is 2.83 bits per heavy atom. The largest absolute Gasteiger partial charge is 0.372 e. The molecule has 0 spiro atoms. The average molecular weight is 323 g/mol. The number of hydrogen-bond acceptors (Lipinski definition) is 4. The molecule has 2 rings (SSSR count). The van der Waals surface area contributed by atoms with Gasteiger partial charge < -0.3 is 9.64 Å². The van der Waals surface area contributed by atoms with E-state index in [-0.39, 0.29) is 30.3 Å². The Balaban J connectivity index is 1.85. The van der Waals surface area contributed by atoms with Gasteiger partial charge in [0, 0.05) is 32.7 Å². The second-order valence-corrected chi connectivity index (χ2v) is 5.99. The molecule has 1 fully saturated rings. The molecule has 128 valence electrons. The molecule has 2 unspecified atom stereocenters. The number of likely N-dealkylation sites (N-methyl/N-ethyl adjacent to an activating group) is 1. The monoisotopic (exact) mass is 323 g/mol. The van der Waals surface area contributed by atoms with Gasteiger partial charge in [0.1, 0.15) is 12.4 Å². The fourth-order valence-corrected chi connectivity index (χ4v) is 2.70. The summed E-state index contributed by atoms with van der Waals surface area (Å²) in [7, 11) is 1.80. The molecular formula is C17H26FN3O2. The molecule has 0 saturated carbocycles. The molecular weight excluding hydrogens is 297 g/mol. The van der Waals surface area contributed by atoms with Crippen LogP contribution in [0, 0.1) is 11.7 Å². The van der Waals surface area contributed by atoms with Crippen LogP contribution in [-0.4, -0.2) is 44.2 Å².